The maximum Gasteiger partial charge on any atom is 0.417 e. The first-order valence-electron chi connectivity index (χ1n) is 7.63. The number of pyridine rings is 1. The number of amides is 1. The van der Waals surface area contributed by atoms with E-state index in [4.69, 9.17) is 5.73 Å². The van der Waals surface area contributed by atoms with E-state index in [-0.39, 0.29) is 18.5 Å². The summed E-state index contributed by atoms with van der Waals surface area (Å²) < 4.78 is 37.7. The lowest BCUT2D eigenvalue weighted by Crippen LogP contribution is -2.34. The van der Waals surface area contributed by atoms with Crippen LogP contribution < -0.4 is 11.1 Å². The largest absolute Gasteiger partial charge is 0.417 e. The summed E-state index contributed by atoms with van der Waals surface area (Å²) in [5.41, 5.74) is 4.48. The highest BCUT2D eigenvalue weighted by molar-refractivity contribution is 5.76. The average Bonchev–Trinajstić information content (AvgIpc) is 3.22. The van der Waals surface area contributed by atoms with Crippen LogP contribution >= 0.6 is 0 Å². The van der Waals surface area contributed by atoms with Crippen molar-refractivity contribution in [1.82, 2.24) is 9.88 Å². The summed E-state index contributed by atoms with van der Waals surface area (Å²) in [7, 11) is 0. The molecule has 1 aliphatic heterocycles. The Balaban J connectivity index is 1.66. The van der Waals surface area contributed by atoms with E-state index in [9.17, 15) is 18.0 Å². The Kier molecular flexibility index (Phi) is 4.18. The van der Waals surface area contributed by atoms with Gasteiger partial charge in [0.25, 0.3) is 0 Å². The molecule has 0 bridgehead atoms. The highest BCUT2D eigenvalue weighted by Crippen LogP contribution is 2.42. The number of alkyl halides is 3. The molecule has 23 heavy (non-hydrogen) atoms. The molecule has 0 spiro atoms. The van der Waals surface area contributed by atoms with Gasteiger partial charge in [0.15, 0.2) is 0 Å². The number of carbonyl (C=O) groups excluding carboxylic acids is 1. The molecule has 1 amide bonds. The lowest BCUT2D eigenvalue weighted by Gasteiger charge is -2.20. The second-order valence-electron chi connectivity index (χ2n) is 6.34. The topological polar surface area (TPSA) is 71.2 Å². The molecule has 5 nitrogen and oxygen atoms in total. The van der Waals surface area contributed by atoms with Gasteiger partial charge in [-0.15, -0.1) is 0 Å². The molecular weight excluding hydrogens is 309 g/mol. The average molecular weight is 328 g/mol. The van der Waals surface area contributed by atoms with Crippen molar-refractivity contribution >= 4 is 11.7 Å². The van der Waals surface area contributed by atoms with E-state index in [1.54, 1.807) is 0 Å². The first-order valence-corrected chi connectivity index (χ1v) is 7.63. The molecule has 0 aromatic carbocycles. The maximum atomic E-state index is 12.6. The zero-order chi connectivity index (χ0) is 16.6. The molecule has 2 atom stereocenters. The first kappa shape index (κ1) is 16.0. The summed E-state index contributed by atoms with van der Waals surface area (Å²) in [6, 6.07) is 2.45. The molecule has 3 N–H and O–H groups in total. The number of anilines is 1. The van der Waals surface area contributed by atoms with E-state index < -0.39 is 11.7 Å². The third-order valence-electron chi connectivity index (χ3n) is 4.47. The van der Waals surface area contributed by atoms with E-state index in [1.165, 1.54) is 6.07 Å². The molecule has 2 heterocycles. The van der Waals surface area contributed by atoms with Gasteiger partial charge in [-0.3, -0.25) is 9.69 Å². The Hall–Kier alpha value is -1.83. The first-order chi connectivity index (χ1) is 10.8. The number of hydrogen-bond donors (Lipinski definition) is 2. The fourth-order valence-electron chi connectivity index (χ4n) is 3.25. The van der Waals surface area contributed by atoms with Gasteiger partial charge >= 0.3 is 6.18 Å². The fourth-order valence-corrected chi connectivity index (χ4v) is 3.25. The van der Waals surface area contributed by atoms with Gasteiger partial charge in [-0.05, 0) is 36.8 Å². The summed E-state index contributed by atoms with van der Waals surface area (Å²) in [6.07, 6.45) is -1.22. The molecule has 1 aromatic heterocycles. The van der Waals surface area contributed by atoms with E-state index >= 15 is 0 Å². The van der Waals surface area contributed by atoms with Crippen LogP contribution in [0, 0.1) is 11.8 Å². The third kappa shape index (κ3) is 3.93. The second kappa shape index (κ2) is 5.99. The zero-order valence-corrected chi connectivity index (χ0v) is 12.5. The number of hydrogen-bond acceptors (Lipinski definition) is 4. The van der Waals surface area contributed by atoms with Gasteiger partial charge in [0.2, 0.25) is 5.91 Å². The van der Waals surface area contributed by atoms with Crippen molar-refractivity contribution < 1.29 is 18.0 Å². The number of nitrogens with zero attached hydrogens (tertiary/aromatic N) is 2. The standard InChI is InChI=1S/C15H19F3N4O/c16-15(17,18)10-3-4-14(20-5-10)21-12-7-22(8-13(19)23)6-11(12)9-1-2-9/h3-5,9,11-12H,1-2,6-8H2,(H2,19,23)(H,20,21)/t11-,12+/m1/s1. The number of nitrogens with two attached hydrogens (primary N) is 1. The van der Waals surface area contributed by atoms with Gasteiger partial charge < -0.3 is 11.1 Å². The molecule has 126 valence electrons. The quantitative estimate of drug-likeness (QED) is 0.863. The minimum Gasteiger partial charge on any atom is -0.369 e. The Morgan fingerprint density at radius 1 is 1.35 bits per heavy atom. The molecule has 1 aliphatic carbocycles. The number of aromatic nitrogens is 1. The smallest absolute Gasteiger partial charge is 0.369 e. The minimum atomic E-state index is -4.38. The predicted octanol–water partition coefficient (Wildman–Crippen LogP) is 1.71. The van der Waals surface area contributed by atoms with Crippen molar-refractivity contribution in [2.75, 3.05) is 25.0 Å². The zero-order valence-electron chi connectivity index (χ0n) is 12.5. The van der Waals surface area contributed by atoms with Crippen molar-refractivity contribution in [3.05, 3.63) is 23.9 Å². The molecule has 3 rings (SSSR count). The number of rotatable bonds is 5. The molecule has 1 saturated carbocycles. The molecule has 1 aromatic rings. The highest BCUT2D eigenvalue weighted by Gasteiger charge is 2.42. The van der Waals surface area contributed by atoms with E-state index in [2.05, 4.69) is 10.3 Å². The Labute approximate surface area is 132 Å². The molecule has 2 aliphatic rings. The summed E-state index contributed by atoms with van der Waals surface area (Å²) in [4.78, 5) is 16.9. The van der Waals surface area contributed by atoms with Crippen LogP contribution in [0.15, 0.2) is 18.3 Å². The van der Waals surface area contributed by atoms with E-state index in [0.29, 0.717) is 24.2 Å². The number of carbonyl (C=O) groups is 1. The normalized spacial score (nSPS) is 25.5. The van der Waals surface area contributed by atoms with Gasteiger partial charge in [-0.25, -0.2) is 4.98 Å². The predicted molar refractivity (Wildman–Crippen MR) is 78.5 cm³/mol. The van der Waals surface area contributed by atoms with E-state index in [1.807, 2.05) is 4.90 Å². The van der Waals surface area contributed by atoms with Crippen molar-refractivity contribution in [2.45, 2.75) is 25.1 Å². The number of likely N-dealkylation sites (tertiary alicyclic amines) is 1. The Morgan fingerprint density at radius 3 is 2.61 bits per heavy atom. The van der Waals surface area contributed by atoms with Crippen molar-refractivity contribution in [3.8, 4) is 0 Å². The van der Waals surface area contributed by atoms with Crippen LogP contribution in [-0.4, -0.2) is 41.5 Å². The molecule has 2 fully saturated rings. The van der Waals surface area contributed by atoms with Gasteiger partial charge in [0, 0.05) is 25.3 Å². The molecule has 0 radical (unpaired) electrons. The van der Waals surface area contributed by atoms with Gasteiger partial charge in [0.05, 0.1) is 12.1 Å². The lowest BCUT2D eigenvalue weighted by molar-refractivity contribution is -0.137. The molecule has 0 unspecified atom stereocenters. The van der Waals surface area contributed by atoms with Crippen LogP contribution in [0.1, 0.15) is 18.4 Å². The van der Waals surface area contributed by atoms with E-state index in [0.717, 1.165) is 31.6 Å². The van der Waals surface area contributed by atoms with Crippen LogP contribution in [0.5, 0.6) is 0 Å². The van der Waals surface area contributed by atoms with Crippen LogP contribution in [0.2, 0.25) is 0 Å². The Morgan fingerprint density at radius 2 is 2.09 bits per heavy atom. The van der Waals surface area contributed by atoms with Crippen molar-refractivity contribution in [1.29, 1.82) is 0 Å². The van der Waals surface area contributed by atoms with Gasteiger partial charge in [0.1, 0.15) is 5.82 Å². The minimum absolute atomic E-state index is 0.0751. The van der Waals surface area contributed by atoms with Crippen LogP contribution in [0.3, 0.4) is 0 Å². The van der Waals surface area contributed by atoms with Gasteiger partial charge in [-0.1, -0.05) is 0 Å². The molecule has 8 heteroatoms. The summed E-state index contributed by atoms with van der Waals surface area (Å²) in [6.45, 7) is 1.64. The molecule has 1 saturated heterocycles. The fraction of sp³-hybridized carbons (Fsp3) is 0.600. The second-order valence-corrected chi connectivity index (χ2v) is 6.34. The Bertz CT molecular complexity index is 571. The summed E-state index contributed by atoms with van der Waals surface area (Å²) in [5, 5.41) is 3.22. The maximum absolute atomic E-state index is 12.6. The highest BCUT2D eigenvalue weighted by atomic mass is 19.4. The van der Waals surface area contributed by atoms with Crippen LogP contribution in [0.25, 0.3) is 0 Å². The molecular formula is C15H19F3N4O. The SMILES string of the molecule is NC(=O)CN1C[C@H](Nc2ccc(C(F)(F)F)cn2)[C@@H](C2CC2)C1. The van der Waals surface area contributed by atoms with Crippen LogP contribution in [0.4, 0.5) is 19.0 Å². The third-order valence-corrected chi connectivity index (χ3v) is 4.47. The lowest BCUT2D eigenvalue weighted by atomic mass is 9.98. The number of primary amides is 1. The monoisotopic (exact) mass is 328 g/mol. The van der Waals surface area contributed by atoms with Crippen molar-refractivity contribution in [3.63, 3.8) is 0 Å². The van der Waals surface area contributed by atoms with Gasteiger partial charge in [-0.2, -0.15) is 13.2 Å². The van der Waals surface area contributed by atoms with Crippen molar-refractivity contribution in [2.24, 2.45) is 17.6 Å². The number of nitrogens with one attached hydrogen (secondary N) is 1. The number of halogens is 3. The summed E-state index contributed by atoms with van der Waals surface area (Å²) >= 11 is 0. The summed E-state index contributed by atoms with van der Waals surface area (Å²) in [5.74, 6) is 1.04. The van der Waals surface area contributed by atoms with Crippen LogP contribution in [-0.2, 0) is 11.0 Å².